The predicted molar refractivity (Wildman–Crippen MR) is 105 cm³/mol. The normalized spacial score (nSPS) is 12.7. The summed E-state index contributed by atoms with van der Waals surface area (Å²) in [5, 5.41) is 11.1. The van der Waals surface area contributed by atoms with Gasteiger partial charge in [-0.05, 0) is 46.2 Å². The summed E-state index contributed by atoms with van der Waals surface area (Å²) in [6.07, 6.45) is -1.53. The van der Waals surface area contributed by atoms with Gasteiger partial charge in [-0.25, -0.2) is 9.59 Å². The van der Waals surface area contributed by atoms with Crippen molar-refractivity contribution >= 4 is 28.1 Å². The van der Waals surface area contributed by atoms with Crippen molar-refractivity contribution in [2.75, 3.05) is 13.2 Å². The topological polar surface area (TPSA) is 145 Å². The lowest BCUT2D eigenvalue weighted by atomic mass is 10.1. The number of amides is 1. The molecule has 0 bridgehead atoms. The van der Waals surface area contributed by atoms with E-state index in [9.17, 15) is 22.8 Å². The van der Waals surface area contributed by atoms with Crippen molar-refractivity contribution in [3.05, 3.63) is 29.8 Å². The molecule has 0 saturated carbocycles. The molecule has 30 heavy (non-hydrogen) atoms. The summed E-state index contributed by atoms with van der Waals surface area (Å²) in [7, 11) is -4.01. The third-order valence-corrected chi connectivity index (χ3v) is 4.82. The minimum atomic E-state index is -4.01. The van der Waals surface area contributed by atoms with Crippen LogP contribution in [0.4, 0.5) is 4.79 Å². The highest BCUT2D eigenvalue weighted by atomic mass is 32.2. The van der Waals surface area contributed by atoms with Crippen LogP contribution in [0.3, 0.4) is 0 Å². The van der Waals surface area contributed by atoms with Gasteiger partial charge < -0.3 is 19.9 Å². The zero-order valence-electron chi connectivity index (χ0n) is 17.3. The first-order valence-electron chi connectivity index (χ1n) is 9.14. The SMILES string of the molecule is Cc1ccc(S(=O)(=O)OCCOC(=O)[C@H](CCC(=O)O)NC(=O)OC(C)(C)C)cc1. The fourth-order valence-electron chi connectivity index (χ4n) is 2.13. The molecule has 0 spiro atoms. The number of carboxylic acid groups (broad SMARTS) is 1. The number of alkyl carbamates (subject to hydrolysis) is 1. The maximum absolute atomic E-state index is 12.2. The van der Waals surface area contributed by atoms with Gasteiger partial charge in [-0.2, -0.15) is 8.42 Å². The number of esters is 1. The third kappa shape index (κ3) is 9.70. The molecule has 0 aromatic heterocycles. The maximum atomic E-state index is 12.2. The van der Waals surface area contributed by atoms with Crippen LogP contribution >= 0.6 is 0 Å². The number of hydrogen-bond donors (Lipinski definition) is 2. The molecule has 0 aliphatic rings. The van der Waals surface area contributed by atoms with Gasteiger partial charge in [0, 0.05) is 6.42 Å². The van der Waals surface area contributed by atoms with Crippen molar-refractivity contribution in [2.24, 2.45) is 0 Å². The Kier molecular flexibility index (Phi) is 9.24. The van der Waals surface area contributed by atoms with Crippen LogP contribution in [0.15, 0.2) is 29.2 Å². The number of hydrogen-bond acceptors (Lipinski definition) is 8. The number of benzene rings is 1. The van der Waals surface area contributed by atoms with E-state index in [-0.39, 0.29) is 11.3 Å². The number of carboxylic acids is 1. The Balaban J connectivity index is 2.60. The fraction of sp³-hybridized carbons (Fsp3) is 0.526. The molecule has 0 aliphatic heterocycles. The van der Waals surface area contributed by atoms with Crippen molar-refractivity contribution in [2.45, 2.75) is 57.1 Å². The van der Waals surface area contributed by atoms with E-state index in [2.05, 4.69) is 5.32 Å². The highest BCUT2D eigenvalue weighted by Gasteiger charge is 2.26. The van der Waals surface area contributed by atoms with Crippen LogP contribution in [0.2, 0.25) is 0 Å². The minimum absolute atomic E-state index is 0.0367. The first kappa shape index (κ1) is 25.4. The molecule has 0 heterocycles. The number of rotatable bonds is 10. The Morgan fingerprint density at radius 1 is 1.10 bits per heavy atom. The second-order valence-corrected chi connectivity index (χ2v) is 9.00. The summed E-state index contributed by atoms with van der Waals surface area (Å²) in [5.74, 6) is -2.09. The highest BCUT2D eigenvalue weighted by Crippen LogP contribution is 2.13. The Hall–Kier alpha value is -2.66. The number of aliphatic carboxylic acids is 1. The molecule has 0 fully saturated rings. The van der Waals surface area contributed by atoms with E-state index in [1.165, 1.54) is 12.1 Å². The summed E-state index contributed by atoms with van der Waals surface area (Å²) < 4.78 is 38.9. The molecule has 10 nitrogen and oxygen atoms in total. The second kappa shape index (κ2) is 10.9. The third-order valence-electron chi connectivity index (χ3n) is 3.50. The quantitative estimate of drug-likeness (QED) is 0.314. The van der Waals surface area contributed by atoms with Gasteiger partial charge in [0.15, 0.2) is 0 Å². The number of carbonyl (C=O) groups is 3. The molecule has 1 rings (SSSR count). The molecule has 1 aromatic rings. The van der Waals surface area contributed by atoms with E-state index in [1.54, 1.807) is 32.9 Å². The van der Waals surface area contributed by atoms with Gasteiger partial charge in [-0.3, -0.25) is 8.98 Å². The largest absolute Gasteiger partial charge is 0.481 e. The average Bonchev–Trinajstić information content (AvgIpc) is 2.60. The Morgan fingerprint density at radius 3 is 2.23 bits per heavy atom. The first-order chi connectivity index (χ1) is 13.8. The Bertz CT molecular complexity index is 842. The van der Waals surface area contributed by atoms with E-state index >= 15 is 0 Å². The number of ether oxygens (including phenoxy) is 2. The van der Waals surface area contributed by atoms with Gasteiger partial charge in [0.1, 0.15) is 24.9 Å². The molecule has 1 atom stereocenters. The van der Waals surface area contributed by atoms with Gasteiger partial charge in [0.2, 0.25) is 0 Å². The molecular formula is C19H27NO9S. The summed E-state index contributed by atoms with van der Waals surface area (Å²) in [6.45, 7) is 5.83. The number of aryl methyl sites for hydroxylation is 1. The predicted octanol–water partition coefficient (Wildman–Crippen LogP) is 2.00. The maximum Gasteiger partial charge on any atom is 0.408 e. The van der Waals surface area contributed by atoms with Crippen molar-refractivity contribution in [3.63, 3.8) is 0 Å². The molecule has 1 aromatic carbocycles. The van der Waals surface area contributed by atoms with Crippen molar-refractivity contribution < 1.29 is 41.6 Å². The average molecular weight is 445 g/mol. The highest BCUT2D eigenvalue weighted by molar-refractivity contribution is 7.86. The minimum Gasteiger partial charge on any atom is -0.481 e. The lowest BCUT2D eigenvalue weighted by Gasteiger charge is -2.22. The van der Waals surface area contributed by atoms with Gasteiger partial charge in [0.05, 0.1) is 4.90 Å². The monoisotopic (exact) mass is 445 g/mol. The number of carbonyl (C=O) groups excluding carboxylic acids is 2. The lowest BCUT2D eigenvalue weighted by Crippen LogP contribution is -2.44. The lowest BCUT2D eigenvalue weighted by molar-refractivity contribution is -0.147. The zero-order chi connectivity index (χ0) is 22.9. The molecule has 168 valence electrons. The molecule has 0 saturated heterocycles. The van der Waals surface area contributed by atoms with Crippen molar-refractivity contribution in [3.8, 4) is 0 Å². The first-order valence-corrected chi connectivity index (χ1v) is 10.5. The van der Waals surface area contributed by atoms with Crippen LogP contribution in [0, 0.1) is 6.92 Å². The molecule has 0 unspecified atom stereocenters. The van der Waals surface area contributed by atoms with Crippen LogP contribution in [0.1, 0.15) is 39.2 Å². The smallest absolute Gasteiger partial charge is 0.408 e. The second-order valence-electron chi connectivity index (χ2n) is 7.39. The standard InChI is InChI=1S/C19H27NO9S/c1-13-5-7-14(8-6-13)30(25,26)28-12-11-27-17(23)15(9-10-16(21)22)20-18(24)29-19(2,3)4/h5-8,15H,9-12H2,1-4H3,(H,20,24)(H,21,22)/t15-/m0/s1. The van der Waals surface area contributed by atoms with E-state index in [4.69, 9.17) is 18.8 Å². The summed E-state index contributed by atoms with van der Waals surface area (Å²) in [6, 6.07) is 4.74. The van der Waals surface area contributed by atoms with E-state index in [0.29, 0.717) is 0 Å². The fourth-order valence-corrected chi connectivity index (χ4v) is 3.02. The molecule has 0 aliphatic carbocycles. The van der Waals surface area contributed by atoms with Crippen molar-refractivity contribution in [1.82, 2.24) is 5.32 Å². The molecule has 2 N–H and O–H groups in total. The van der Waals surface area contributed by atoms with Gasteiger partial charge >= 0.3 is 18.0 Å². The van der Waals surface area contributed by atoms with E-state index < -0.39 is 59.4 Å². The summed E-state index contributed by atoms with van der Waals surface area (Å²) in [4.78, 5) is 34.8. The zero-order valence-corrected chi connectivity index (χ0v) is 18.2. The Labute approximate surface area is 175 Å². The molecule has 1 amide bonds. The Morgan fingerprint density at radius 2 is 1.70 bits per heavy atom. The van der Waals surface area contributed by atoms with E-state index in [0.717, 1.165) is 5.56 Å². The molecule has 0 radical (unpaired) electrons. The van der Waals surface area contributed by atoms with Gasteiger partial charge in [-0.1, -0.05) is 17.7 Å². The van der Waals surface area contributed by atoms with Crippen LogP contribution < -0.4 is 5.32 Å². The van der Waals surface area contributed by atoms with Crippen molar-refractivity contribution in [1.29, 1.82) is 0 Å². The van der Waals surface area contributed by atoms with Crippen LogP contribution in [0.5, 0.6) is 0 Å². The van der Waals surface area contributed by atoms with Gasteiger partial charge in [0.25, 0.3) is 10.1 Å². The van der Waals surface area contributed by atoms with Gasteiger partial charge in [-0.15, -0.1) is 0 Å². The molecular weight excluding hydrogens is 418 g/mol. The summed E-state index contributed by atoms with van der Waals surface area (Å²) >= 11 is 0. The summed E-state index contributed by atoms with van der Waals surface area (Å²) in [5.41, 5.74) is 0.0662. The van der Waals surface area contributed by atoms with E-state index in [1.807, 2.05) is 6.92 Å². The number of nitrogens with one attached hydrogen (secondary N) is 1. The van der Waals surface area contributed by atoms with Crippen LogP contribution in [-0.4, -0.2) is 56.4 Å². The van der Waals surface area contributed by atoms with Crippen LogP contribution in [0.25, 0.3) is 0 Å². The molecule has 11 heteroatoms. The van der Waals surface area contributed by atoms with Crippen LogP contribution in [-0.2, 0) is 33.4 Å².